The molecule has 14 heteroatoms. The Morgan fingerprint density at radius 1 is 1.06 bits per heavy atom. The van der Waals surface area contributed by atoms with E-state index in [-0.39, 0.29) is 48.2 Å². The van der Waals surface area contributed by atoms with E-state index in [1.807, 2.05) is 0 Å². The van der Waals surface area contributed by atoms with Gasteiger partial charge in [-0.25, -0.2) is 17.6 Å². The van der Waals surface area contributed by atoms with Crippen LogP contribution in [-0.2, 0) is 32.2 Å². The normalized spacial score (nSPS) is 16.8. The van der Waals surface area contributed by atoms with Gasteiger partial charge in [0.2, 0.25) is 10.0 Å². The molecule has 4 rings (SSSR count). The first-order chi connectivity index (χ1) is 22.1. The Morgan fingerprint density at radius 3 is 2.38 bits per heavy atom. The van der Waals surface area contributed by atoms with Gasteiger partial charge in [-0.2, -0.15) is 17.5 Å². The number of benzene rings is 3. The van der Waals surface area contributed by atoms with Gasteiger partial charge in [0, 0.05) is 25.2 Å². The largest absolute Gasteiger partial charge is 0.494 e. The van der Waals surface area contributed by atoms with Crippen molar-refractivity contribution in [1.29, 1.82) is 0 Å². The molecule has 3 aromatic rings. The number of halogens is 4. The van der Waals surface area contributed by atoms with Crippen molar-refractivity contribution in [3.05, 3.63) is 89.7 Å². The lowest BCUT2D eigenvalue weighted by Crippen LogP contribution is -2.43. The number of hydrogen-bond donors (Lipinski definition) is 1. The zero-order valence-electron chi connectivity index (χ0n) is 26.0. The molecule has 1 N–H and O–H groups in total. The Hall–Kier alpha value is -4.01. The monoisotopic (exact) mass is 680 g/mol. The summed E-state index contributed by atoms with van der Waals surface area (Å²) in [5.41, 5.74) is -0.318. The number of nitrogens with zero attached hydrogens (tertiary/aromatic N) is 2. The molecular weight excluding hydrogens is 644 g/mol. The third kappa shape index (κ3) is 8.87. The van der Waals surface area contributed by atoms with Crippen molar-refractivity contribution in [3.63, 3.8) is 0 Å². The highest BCUT2D eigenvalue weighted by atomic mass is 32.2. The average molecular weight is 681 g/mol. The molecule has 0 bridgehead atoms. The van der Waals surface area contributed by atoms with E-state index in [2.05, 4.69) is 0 Å². The van der Waals surface area contributed by atoms with E-state index < -0.39 is 64.1 Å². The molecular formula is C33H36F4N2O7S. The van der Waals surface area contributed by atoms with Crippen LogP contribution in [0.15, 0.2) is 77.7 Å². The quantitative estimate of drug-likeness (QED) is 0.217. The SMILES string of the molecule is COc1ccc(S(=O)(=O)N(CC(C)C)C[C@@H](O)[C@@H](CC(=O)[C@@H]2CN(c3cccc(C(F)(F)F)c3)C(=O)O2)Cc2ccccc2)cc1F. The minimum absolute atomic E-state index is 0.0226. The molecule has 1 aliphatic rings. The molecule has 1 saturated heterocycles. The predicted molar refractivity (Wildman–Crippen MR) is 165 cm³/mol. The summed E-state index contributed by atoms with van der Waals surface area (Å²) in [6.07, 6.45) is -8.56. The number of cyclic esters (lactones) is 1. The van der Waals surface area contributed by atoms with Crippen LogP contribution < -0.4 is 9.64 Å². The lowest BCUT2D eigenvalue weighted by atomic mass is 9.88. The first-order valence-electron chi connectivity index (χ1n) is 14.8. The fraction of sp³-hybridized carbons (Fsp3) is 0.394. The van der Waals surface area contributed by atoms with Gasteiger partial charge in [-0.15, -0.1) is 0 Å². The second-order valence-corrected chi connectivity index (χ2v) is 13.7. The third-order valence-corrected chi connectivity index (χ3v) is 9.55. The van der Waals surface area contributed by atoms with E-state index in [4.69, 9.17) is 9.47 Å². The number of carbonyl (C=O) groups excluding carboxylic acids is 2. The molecule has 0 unspecified atom stereocenters. The maximum atomic E-state index is 14.5. The highest BCUT2D eigenvalue weighted by molar-refractivity contribution is 7.89. The molecule has 1 fully saturated rings. The molecule has 0 radical (unpaired) electrons. The summed E-state index contributed by atoms with van der Waals surface area (Å²) >= 11 is 0. The topological polar surface area (TPSA) is 113 Å². The first kappa shape index (κ1) is 35.8. The molecule has 3 aromatic carbocycles. The van der Waals surface area contributed by atoms with Crippen molar-refractivity contribution < 1.29 is 50.1 Å². The smallest absolute Gasteiger partial charge is 0.416 e. The van der Waals surface area contributed by atoms with E-state index in [0.29, 0.717) is 0 Å². The lowest BCUT2D eigenvalue weighted by molar-refractivity contribution is -0.137. The number of carbonyl (C=O) groups is 2. The number of rotatable bonds is 14. The van der Waals surface area contributed by atoms with Gasteiger partial charge in [0.15, 0.2) is 23.5 Å². The Balaban J connectivity index is 1.56. The lowest BCUT2D eigenvalue weighted by Gasteiger charge is -2.30. The maximum Gasteiger partial charge on any atom is 0.416 e. The minimum atomic E-state index is -4.64. The summed E-state index contributed by atoms with van der Waals surface area (Å²) in [6, 6.07) is 16.2. The molecule has 1 aliphatic heterocycles. The van der Waals surface area contributed by atoms with Crippen molar-refractivity contribution in [2.75, 3.05) is 31.6 Å². The number of aliphatic hydroxyl groups is 1. The van der Waals surface area contributed by atoms with E-state index >= 15 is 0 Å². The molecule has 0 aliphatic carbocycles. The number of sulfonamides is 1. The number of amides is 1. The fourth-order valence-electron chi connectivity index (χ4n) is 5.33. The van der Waals surface area contributed by atoms with Gasteiger partial charge >= 0.3 is 12.3 Å². The van der Waals surface area contributed by atoms with Crippen molar-refractivity contribution in [3.8, 4) is 5.75 Å². The summed E-state index contributed by atoms with van der Waals surface area (Å²) in [6.45, 7) is 2.76. The van der Waals surface area contributed by atoms with Crippen molar-refractivity contribution in [1.82, 2.24) is 4.31 Å². The van der Waals surface area contributed by atoms with Gasteiger partial charge in [0.05, 0.1) is 30.2 Å². The Bertz CT molecular complexity index is 1670. The number of ether oxygens (including phenoxy) is 2. The summed E-state index contributed by atoms with van der Waals surface area (Å²) in [7, 11) is -3.06. The number of methoxy groups -OCH3 is 1. The minimum Gasteiger partial charge on any atom is -0.494 e. The molecule has 254 valence electrons. The van der Waals surface area contributed by atoms with Gasteiger partial charge < -0.3 is 14.6 Å². The highest BCUT2D eigenvalue weighted by Gasteiger charge is 2.40. The van der Waals surface area contributed by atoms with Gasteiger partial charge in [-0.1, -0.05) is 50.2 Å². The first-order valence-corrected chi connectivity index (χ1v) is 16.3. The van der Waals surface area contributed by atoms with Crippen LogP contribution in [0.5, 0.6) is 5.75 Å². The Labute approximate surface area is 270 Å². The van der Waals surface area contributed by atoms with Crippen LogP contribution in [0.2, 0.25) is 0 Å². The molecule has 9 nitrogen and oxygen atoms in total. The van der Waals surface area contributed by atoms with Crippen LogP contribution in [-0.4, -0.2) is 68.7 Å². The van der Waals surface area contributed by atoms with Crippen LogP contribution in [0.4, 0.5) is 28.0 Å². The Kier molecular flexibility index (Phi) is 11.3. The van der Waals surface area contributed by atoms with Crippen LogP contribution in [0.25, 0.3) is 0 Å². The second kappa shape index (κ2) is 14.8. The van der Waals surface area contributed by atoms with Gasteiger partial charge in [0.1, 0.15) is 0 Å². The number of ketones is 1. The summed E-state index contributed by atoms with van der Waals surface area (Å²) in [5, 5.41) is 11.5. The van der Waals surface area contributed by atoms with E-state index in [1.54, 1.807) is 44.2 Å². The Morgan fingerprint density at radius 2 is 1.77 bits per heavy atom. The maximum absolute atomic E-state index is 14.5. The number of anilines is 1. The van der Waals surface area contributed by atoms with Crippen molar-refractivity contribution in [2.24, 2.45) is 11.8 Å². The number of aliphatic hydroxyl groups excluding tert-OH is 1. The molecule has 0 spiro atoms. The predicted octanol–water partition coefficient (Wildman–Crippen LogP) is 5.70. The van der Waals surface area contributed by atoms with Crippen LogP contribution >= 0.6 is 0 Å². The van der Waals surface area contributed by atoms with E-state index in [1.165, 1.54) is 25.3 Å². The van der Waals surface area contributed by atoms with E-state index in [9.17, 15) is 40.7 Å². The zero-order valence-corrected chi connectivity index (χ0v) is 26.8. The molecule has 0 saturated carbocycles. The van der Waals surface area contributed by atoms with Crippen LogP contribution in [0.3, 0.4) is 0 Å². The second-order valence-electron chi connectivity index (χ2n) is 11.7. The molecule has 1 heterocycles. The average Bonchev–Trinajstić information content (AvgIpc) is 3.41. The van der Waals surface area contributed by atoms with E-state index in [0.717, 1.165) is 39.0 Å². The summed E-state index contributed by atoms with van der Waals surface area (Å²) in [4.78, 5) is 26.7. The summed E-state index contributed by atoms with van der Waals surface area (Å²) < 4.78 is 92.8. The van der Waals surface area contributed by atoms with Gasteiger partial charge in [0.25, 0.3) is 0 Å². The van der Waals surface area contributed by atoms with Gasteiger partial charge in [-0.05, 0) is 60.2 Å². The third-order valence-electron chi connectivity index (χ3n) is 7.72. The number of hydrogen-bond acceptors (Lipinski definition) is 7. The fourth-order valence-corrected chi connectivity index (χ4v) is 6.97. The molecule has 0 aromatic heterocycles. The molecule has 47 heavy (non-hydrogen) atoms. The number of Topliss-reactive ketones (excluding diaryl/α,β-unsaturated/α-hetero) is 1. The molecule has 3 atom stereocenters. The standard InChI is InChI=1S/C33H36F4N2O7S/c1-21(2)18-38(47(43,44)26-12-13-30(45-3)27(34)17-26)19-29(41)23(14-22-8-5-4-6-9-22)15-28(40)31-20-39(32(42)46-31)25-11-7-10-24(16-25)33(35,36)37/h4-13,16-17,21,23,29,31,41H,14-15,18-20H2,1-3H3/t23-,29-,31+/m1/s1. The van der Waals surface area contributed by atoms with Crippen LogP contribution in [0.1, 0.15) is 31.4 Å². The number of alkyl halides is 3. The highest BCUT2D eigenvalue weighted by Crippen LogP contribution is 2.33. The van der Waals surface area contributed by atoms with Crippen LogP contribution in [0, 0.1) is 17.7 Å². The molecule has 1 amide bonds. The zero-order chi connectivity index (χ0) is 34.5. The van der Waals surface area contributed by atoms with Gasteiger partial charge in [-0.3, -0.25) is 9.69 Å². The van der Waals surface area contributed by atoms with Crippen molar-refractivity contribution >= 4 is 27.6 Å². The van der Waals surface area contributed by atoms with Crippen molar-refractivity contribution in [2.45, 2.75) is 50.0 Å². The summed E-state index contributed by atoms with van der Waals surface area (Å²) in [5.74, 6) is -2.66.